The zero-order valence-corrected chi connectivity index (χ0v) is 19.6. The van der Waals surface area contributed by atoms with Gasteiger partial charge in [-0.25, -0.2) is 4.98 Å². The molecule has 9 nitrogen and oxygen atoms in total. The summed E-state index contributed by atoms with van der Waals surface area (Å²) < 4.78 is 7.55. The third-order valence-corrected chi connectivity index (χ3v) is 7.11. The molecule has 0 atom stereocenters. The number of imidazole rings is 1. The molecule has 1 saturated heterocycles. The largest absolute Gasteiger partial charge is 0.449 e. The predicted molar refractivity (Wildman–Crippen MR) is 131 cm³/mol. The zero-order chi connectivity index (χ0) is 24.6. The Balaban J connectivity index is 1.35. The van der Waals surface area contributed by atoms with Crippen molar-refractivity contribution in [3.05, 3.63) is 55.0 Å². The van der Waals surface area contributed by atoms with E-state index in [0.717, 1.165) is 29.5 Å². The first-order valence-electron chi connectivity index (χ1n) is 11.9. The summed E-state index contributed by atoms with van der Waals surface area (Å²) in [6.45, 7) is 3.02. The molecule has 9 heteroatoms. The quantitative estimate of drug-likeness (QED) is 0.529. The molecule has 1 aromatic heterocycles. The molecular weight excluding hydrogens is 446 g/mol. The third-order valence-electron chi connectivity index (χ3n) is 7.11. The van der Waals surface area contributed by atoms with Crippen LogP contribution in [0.1, 0.15) is 38.6 Å². The summed E-state index contributed by atoms with van der Waals surface area (Å²) in [5.41, 5.74) is 5.12. The van der Waals surface area contributed by atoms with E-state index in [1.807, 2.05) is 47.0 Å². The fraction of sp³-hybridized carbons (Fsp3) is 0.385. The summed E-state index contributed by atoms with van der Waals surface area (Å²) in [5.74, 6) is -0.873. The number of nitrogens with one attached hydrogen (secondary N) is 1. The lowest BCUT2D eigenvalue weighted by Gasteiger charge is -2.45. The summed E-state index contributed by atoms with van der Waals surface area (Å²) in [6.07, 6.45) is 5.37. The summed E-state index contributed by atoms with van der Waals surface area (Å²) in [5, 5.41) is 5.18. The van der Waals surface area contributed by atoms with Crippen LogP contribution in [0.25, 0.3) is 10.8 Å². The number of benzene rings is 2. The Morgan fingerprint density at radius 3 is 2.54 bits per heavy atom. The van der Waals surface area contributed by atoms with Crippen molar-refractivity contribution in [3.63, 3.8) is 0 Å². The molecule has 0 unspecified atom stereocenters. The maximum absolute atomic E-state index is 12.7. The topological polar surface area (TPSA) is 120 Å². The van der Waals surface area contributed by atoms with Gasteiger partial charge in [-0.3, -0.25) is 19.3 Å². The molecule has 2 aromatic carbocycles. The van der Waals surface area contributed by atoms with Gasteiger partial charge in [0, 0.05) is 37.4 Å². The van der Waals surface area contributed by atoms with Crippen LogP contribution in [0.15, 0.2) is 55.0 Å². The van der Waals surface area contributed by atoms with Gasteiger partial charge in [-0.2, -0.15) is 0 Å². The van der Waals surface area contributed by atoms with Crippen molar-refractivity contribution < 1.29 is 19.1 Å². The SMILES string of the molecule is CC(=O)N(c1cn(C2CC(OC(=O)C3CCNCC3)(C(N)=O)C2)cn1)c1cccc2ccccc12. The Labute approximate surface area is 203 Å². The smallest absolute Gasteiger partial charge is 0.310 e. The average molecular weight is 476 g/mol. The number of esters is 1. The highest BCUT2D eigenvalue weighted by Crippen LogP contribution is 2.45. The van der Waals surface area contributed by atoms with Gasteiger partial charge in [0.1, 0.15) is 0 Å². The lowest BCUT2D eigenvalue weighted by atomic mass is 9.74. The molecule has 2 heterocycles. The van der Waals surface area contributed by atoms with Crippen molar-refractivity contribution in [3.8, 4) is 0 Å². The van der Waals surface area contributed by atoms with E-state index in [0.29, 0.717) is 18.7 Å². The lowest BCUT2D eigenvalue weighted by Crippen LogP contribution is -2.57. The molecule has 1 aliphatic carbocycles. The van der Waals surface area contributed by atoms with Gasteiger partial charge in [-0.1, -0.05) is 36.4 Å². The van der Waals surface area contributed by atoms with Gasteiger partial charge in [0.05, 0.1) is 17.9 Å². The van der Waals surface area contributed by atoms with Crippen molar-refractivity contribution in [2.75, 3.05) is 18.0 Å². The van der Waals surface area contributed by atoms with E-state index in [9.17, 15) is 14.4 Å². The van der Waals surface area contributed by atoms with E-state index in [4.69, 9.17) is 10.5 Å². The first-order chi connectivity index (χ1) is 16.9. The molecule has 3 aromatic rings. The normalized spacial score (nSPS) is 22.4. The summed E-state index contributed by atoms with van der Waals surface area (Å²) in [6, 6.07) is 13.5. The first kappa shape index (κ1) is 23.0. The van der Waals surface area contributed by atoms with E-state index < -0.39 is 11.5 Å². The van der Waals surface area contributed by atoms with Crippen molar-refractivity contribution >= 4 is 40.1 Å². The minimum absolute atomic E-state index is 0.120. The van der Waals surface area contributed by atoms with E-state index >= 15 is 0 Å². The number of carbonyl (C=O) groups is 3. The Bertz CT molecular complexity index is 1270. The molecule has 2 aliphatic rings. The number of fused-ring (bicyclic) bond motifs is 1. The number of piperidine rings is 1. The van der Waals surface area contributed by atoms with Crippen molar-refractivity contribution in [2.24, 2.45) is 11.7 Å². The second kappa shape index (κ2) is 9.14. The second-order valence-electron chi connectivity index (χ2n) is 9.40. The van der Waals surface area contributed by atoms with E-state index in [1.54, 1.807) is 17.4 Å². The van der Waals surface area contributed by atoms with Crippen LogP contribution in [0.3, 0.4) is 0 Å². The second-order valence-corrected chi connectivity index (χ2v) is 9.40. The predicted octanol–water partition coefficient (Wildman–Crippen LogP) is 2.82. The molecule has 1 aliphatic heterocycles. The van der Waals surface area contributed by atoms with Crippen LogP contribution in [0, 0.1) is 5.92 Å². The molecule has 1 saturated carbocycles. The van der Waals surface area contributed by atoms with Crippen LogP contribution in [-0.4, -0.2) is 46.0 Å². The minimum Gasteiger partial charge on any atom is -0.449 e. The van der Waals surface area contributed by atoms with Crippen LogP contribution >= 0.6 is 0 Å². The molecule has 182 valence electrons. The average Bonchev–Trinajstić information content (AvgIpc) is 3.30. The van der Waals surface area contributed by atoms with Gasteiger partial charge in [-0.15, -0.1) is 0 Å². The molecule has 0 spiro atoms. The number of hydrogen-bond acceptors (Lipinski definition) is 6. The third kappa shape index (κ3) is 4.27. The lowest BCUT2D eigenvalue weighted by molar-refractivity contribution is -0.186. The fourth-order valence-corrected chi connectivity index (χ4v) is 5.08. The molecule has 0 radical (unpaired) electrons. The van der Waals surface area contributed by atoms with Crippen LogP contribution in [0.2, 0.25) is 0 Å². The number of anilines is 2. The first-order valence-corrected chi connectivity index (χ1v) is 11.9. The molecule has 5 rings (SSSR count). The molecule has 2 amide bonds. The number of aromatic nitrogens is 2. The Morgan fingerprint density at radius 2 is 1.83 bits per heavy atom. The van der Waals surface area contributed by atoms with Gasteiger partial charge in [-0.05, 0) is 37.4 Å². The Hall–Kier alpha value is -3.72. The van der Waals surface area contributed by atoms with Crippen molar-refractivity contribution in [1.82, 2.24) is 14.9 Å². The number of rotatable bonds is 6. The summed E-state index contributed by atoms with van der Waals surface area (Å²) in [4.78, 5) is 43.7. The molecule has 35 heavy (non-hydrogen) atoms. The number of primary amides is 1. The van der Waals surface area contributed by atoms with Gasteiger partial charge in [0.25, 0.3) is 5.91 Å². The van der Waals surface area contributed by atoms with E-state index in [2.05, 4.69) is 10.3 Å². The van der Waals surface area contributed by atoms with Gasteiger partial charge in [0.15, 0.2) is 11.4 Å². The van der Waals surface area contributed by atoms with Gasteiger partial charge in [0.2, 0.25) is 5.91 Å². The zero-order valence-electron chi connectivity index (χ0n) is 19.6. The number of carbonyl (C=O) groups excluding carboxylic acids is 3. The number of ether oxygens (including phenoxy) is 1. The fourth-order valence-electron chi connectivity index (χ4n) is 5.08. The molecule has 2 fully saturated rings. The molecular formula is C26H29N5O4. The maximum Gasteiger partial charge on any atom is 0.310 e. The van der Waals surface area contributed by atoms with Crippen LogP contribution in [0.4, 0.5) is 11.5 Å². The van der Waals surface area contributed by atoms with Crippen LogP contribution < -0.4 is 16.0 Å². The maximum atomic E-state index is 12.7. The Morgan fingerprint density at radius 1 is 1.11 bits per heavy atom. The Kier molecular flexibility index (Phi) is 6.02. The number of nitrogens with zero attached hydrogens (tertiary/aromatic N) is 3. The highest BCUT2D eigenvalue weighted by Gasteiger charge is 2.54. The minimum atomic E-state index is -1.30. The number of hydrogen-bond donors (Lipinski definition) is 2. The number of amides is 2. The summed E-state index contributed by atoms with van der Waals surface area (Å²) >= 11 is 0. The molecule has 3 N–H and O–H groups in total. The standard InChI is InChI=1S/C26H29N5O4/c1-17(32)31(22-8-4-6-18-5-2-3-7-21(18)22)23-15-30(16-29-23)20-13-26(14-20,25(27)34)35-24(33)19-9-11-28-12-10-19/h2-8,15-16,19-20,28H,9-14H2,1H3,(H2,27,34). The van der Waals surface area contributed by atoms with Crippen LogP contribution in [-0.2, 0) is 19.1 Å². The van der Waals surface area contributed by atoms with Crippen molar-refractivity contribution in [2.45, 2.75) is 44.2 Å². The van der Waals surface area contributed by atoms with E-state index in [1.165, 1.54) is 6.92 Å². The highest BCUT2D eigenvalue weighted by molar-refractivity contribution is 6.06. The van der Waals surface area contributed by atoms with Gasteiger partial charge < -0.3 is 20.4 Å². The number of nitrogens with two attached hydrogens (primary N) is 1. The van der Waals surface area contributed by atoms with E-state index in [-0.39, 0.29) is 36.7 Å². The van der Waals surface area contributed by atoms with Gasteiger partial charge >= 0.3 is 5.97 Å². The monoisotopic (exact) mass is 475 g/mol. The summed E-state index contributed by atoms with van der Waals surface area (Å²) in [7, 11) is 0. The highest BCUT2D eigenvalue weighted by atomic mass is 16.6. The van der Waals surface area contributed by atoms with Crippen LogP contribution in [0.5, 0.6) is 0 Å². The van der Waals surface area contributed by atoms with Crippen molar-refractivity contribution in [1.29, 1.82) is 0 Å². The molecule has 0 bridgehead atoms.